The van der Waals surface area contributed by atoms with Crippen LogP contribution < -0.4 is 0 Å². The largest absolute Gasteiger partial charge is 0.390 e. The number of hydrogen-bond acceptors (Lipinski definition) is 2. The van der Waals surface area contributed by atoms with Crippen LogP contribution in [0.25, 0.3) is 0 Å². The molecule has 1 saturated heterocycles. The summed E-state index contributed by atoms with van der Waals surface area (Å²) >= 11 is 0. The first-order valence-corrected chi connectivity index (χ1v) is 4.40. The van der Waals surface area contributed by atoms with Gasteiger partial charge in [-0.25, -0.2) is 0 Å². The van der Waals surface area contributed by atoms with Gasteiger partial charge in [0.1, 0.15) is 0 Å². The quantitative estimate of drug-likeness (QED) is 0.627. The van der Waals surface area contributed by atoms with E-state index >= 15 is 0 Å². The third kappa shape index (κ3) is 1.57. The lowest BCUT2D eigenvalue weighted by Crippen LogP contribution is -2.46. The van der Waals surface area contributed by atoms with Crippen LogP contribution in [-0.4, -0.2) is 23.9 Å². The minimum atomic E-state index is -0.291. The van der Waals surface area contributed by atoms with Crippen molar-refractivity contribution in [1.82, 2.24) is 0 Å². The summed E-state index contributed by atoms with van der Waals surface area (Å²) in [6.07, 6.45) is 1.73. The maximum absolute atomic E-state index is 9.77. The zero-order valence-corrected chi connectivity index (χ0v) is 7.63. The molecule has 2 nitrogen and oxygen atoms in total. The minimum Gasteiger partial charge on any atom is -0.390 e. The topological polar surface area (TPSA) is 29.5 Å². The van der Waals surface area contributed by atoms with Crippen molar-refractivity contribution < 1.29 is 9.84 Å². The molecule has 1 N–H and O–H groups in total. The Morgan fingerprint density at radius 2 is 2.27 bits per heavy atom. The van der Waals surface area contributed by atoms with Crippen LogP contribution in [0.1, 0.15) is 33.6 Å². The number of hydrogen-bond donors (Lipinski definition) is 1. The van der Waals surface area contributed by atoms with E-state index in [4.69, 9.17) is 4.74 Å². The van der Waals surface area contributed by atoms with Gasteiger partial charge in [0.2, 0.25) is 0 Å². The van der Waals surface area contributed by atoms with Gasteiger partial charge in [0.25, 0.3) is 0 Å². The van der Waals surface area contributed by atoms with Crippen LogP contribution in [0, 0.1) is 5.41 Å². The zero-order chi connectivity index (χ0) is 8.48. The van der Waals surface area contributed by atoms with Gasteiger partial charge in [0.15, 0.2) is 0 Å². The summed E-state index contributed by atoms with van der Waals surface area (Å²) in [6.45, 7) is 7.00. The van der Waals surface area contributed by atoms with Gasteiger partial charge in [-0.1, -0.05) is 13.8 Å². The van der Waals surface area contributed by atoms with Crippen LogP contribution in [0.4, 0.5) is 0 Å². The van der Waals surface area contributed by atoms with Crippen LogP contribution in [0.15, 0.2) is 0 Å². The summed E-state index contributed by atoms with van der Waals surface area (Å²) < 4.78 is 5.34. The van der Waals surface area contributed by atoms with Crippen molar-refractivity contribution in [2.45, 2.75) is 45.8 Å². The van der Waals surface area contributed by atoms with Crippen LogP contribution in [0.2, 0.25) is 0 Å². The van der Waals surface area contributed by atoms with E-state index in [1.54, 1.807) is 0 Å². The van der Waals surface area contributed by atoms with Gasteiger partial charge in [-0.15, -0.1) is 0 Å². The summed E-state index contributed by atoms with van der Waals surface area (Å²) in [5, 5.41) is 9.77. The Morgan fingerprint density at radius 1 is 1.64 bits per heavy atom. The minimum absolute atomic E-state index is 0.00806. The molecule has 2 heteroatoms. The van der Waals surface area contributed by atoms with E-state index in [9.17, 15) is 5.11 Å². The predicted molar refractivity (Wildman–Crippen MR) is 44.4 cm³/mol. The number of aliphatic hydroxyl groups excluding tert-OH is 1. The molecule has 0 spiro atoms. The van der Waals surface area contributed by atoms with Gasteiger partial charge in [0, 0.05) is 6.61 Å². The highest BCUT2D eigenvalue weighted by molar-refractivity contribution is 4.87. The smallest absolute Gasteiger partial charge is 0.0853 e. The fraction of sp³-hybridized carbons (Fsp3) is 1.00. The molecule has 0 bridgehead atoms. The maximum atomic E-state index is 9.77. The molecule has 0 saturated carbocycles. The van der Waals surface area contributed by atoms with Crippen molar-refractivity contribution in [3.05, 3.63) is 0 Å². The average molecular weight is 158 g/mol. The summed E-state index contributed by atoms with van der Waals surface area (Å²) in [6, 6.07) is 0. The van der Waals surface area contributed by atoms with Crippen LogP contribution in [0.3, 0.4) is 0 Å². The lowest BCUT2D eigenvalue weighted by atomic mass is 9.75. The number of aliphatic hydroxyl groups is 1. The van der Waals surface area contributed by atoms with Gasteiger partial charge in [-0.2, -0.15) is 0 Å². The lowest BCUT2D eigenvalue weighted by molar-refractivity contribution is -0.135. The normalized spacial score (nSPS) is 45.8. The van der Waals surface area contributed by atoms with Crippen molar-refractivity contribution in [1.29, 1.82) is 0 Å². The van der Waals surface area contributed by atoms with Crippen LogP contribution in [0.5, 0.6) is 0 Å². The van der Waals surface area contributed by atoms with Gasteiger partial charge in [-0.05, 0) is 25.2 Å². The fourth-order valence-corrected chi connectivity index (χ4v) is 1.67. The first-order valence-electron chi connectivity index (χ1n) is 4.40. The first kappa shape index (κ1) is 9.01. The van der Waals surface area contributed by atoms with Gasteiger partial charge in [0.05, 0.1) is 12.2 Å². The molecule has 0 aromatic carbocycles. The fourth-order valence-electron chi connectivity index (χ4n) is 1.67. The molecule has 1 aliphatic heterocycles. The van der Waals surface area contributed by atoms with Crippen molar-refractivity contribution in [2.75, 3.05) is 6.61 Å². The molecule has 1 aliphatic rings. The van der Waals surface area contributed by atoms with Gasteiger partial charge in [-0.3, -0.25) is 0 Å². The van der Waals surface area contributed by atoms with Gasteiger partial charge >= 0.3 is 0 Å². The summed E-state index contributed by atoms with van der Waals surface area (Å²) in [5.41, 5.74) is 0.0810. The highest BCUT2D eigenvalue weighted by Gasteiger charge is 2.38. The molecule has 1 heterocycles. The van der Waals surface area contributed by atoms with Crippen molar-refractivity contribution in [2.24, 2.45) is 5.41 Å². The van der Waals surface area contributed by atoms with Crippen LogP contribution >= 0.6 is 0 Å². The molecule has 1 fully saturated rings. The van der Waals surface area contributed by atoms with E-state index in [-0.39, 0.29) is 17.6 Å². The molecule has 3 atom stereocenters. The lowest BCUT2D eigenvalue weighted by Gasteiger charge is -2.41. The molecule has 0 amide bonds. The molecular formula is C9H18O2. The summed E-state index contributed by atoms with van der Waals surface area (Å²) in [4.78, 5) is 0. The predicted octanol–water partition coefficient (Wildman–Crippen LogP) is 1.57. The van der Waals surface area contributed by atoms with Crippen molar-refractivity contribution in [3.8, 4) is 0 Å². The SMILES string of the molecule is CC[C@]1(C)CCOC(C)[C@@H]1O. The highest BCUT2D eigenvalue weighted by atomic mass is 16.5. The number of rotatable bonds is 1. The van der Waals surface area contributed by atoms with E-state index < -0.39 is 0 Å². The van der Waals surface area contributed by atoms with E-state index in [2.05, 4.69) is 13.8 Å². The molecule has 1 unspecified atom stereocenters. The Labute approximate surface area is 68.6 Å². The van der Waals surface area contributed by atoms with E-state index in [0.29, 0.717) is 0 Å². The Hall–Kier alpha value is -0.0800. The molecule has 0 aliphatic carbocycles. The summed E-state index contributed by atoms with van der Waals surface area (Å²) in [5.74, 6) is 0. The third-order valence-electron chi connectivity index (χ3n) is 3.02. The van der Waals surface area contributed by atoms with E-state index in [0.717, 1.165) is 19.4 Å². The maximum Gasteiger partial charge on any atom is 0.0853 e. The molecule has 66 valence electrons. The molecular weight excluding hydrogens is 140 g/mol. The Bertz CT molecular complexity index is 136. The van der Waals surface area contributed by atoms with Crippen molar-refractivity contribution in [3.63, 3.8) is 0 Å². The second kappa shape index (κ2) is 3.11. The molecule has 0 aromatic heterocycles. The third-order valence-corrected chi connectivity index (χ3v) is 3.02. The standard InChI is InChI=1S/C9H18O2/c1-4-9(3)5-6-11-7(2)8(9)10/h7-8,10H,4-6H2,1-3H3/t7?,8-,9+/m0/s1. The Morgan fingerprint density at radius 3 is 2.73 bits per heavy atom. The average Bonchev–Trinajstić information content (AvgIpc) is 2.00. The summed E-state index contributed by atoms with van der Waals surface area (Å²) in [7, 11) is 0. The Balaban J connectivity index is 2.64. The van der Waals surface area contributed by atoms with E-state index in [1.165, 1.54) is 0 Å². The highest BCUT2D eigenvalue weighted by Crippen LogP contribution is 2.35. The second-order valence-corrected chi connectivity index (χ2v) is 3.78. The molecule has 0 radical (unpaired) electrons. The zero-order valence-electron chi connectivity index (χ0n) is 7.63. The van der Waals surface area contributed by atoms with E-state index in [1.807, 2.05) is 6.92 Å². The van der Waals surface area contributed by atoms with Gasteiger partial charge < -0.3 is 9.84 Å². The molecule has 1 rings (SSSR count). The molecule has 0 aromatic rings. The first-order chi connectivity index (χ1) is 5.10. The second-order valence-electron chi connectivity index (χ2n) is 3.78. The molecule has 11 heavy (non-hydrogen) atoms. The van der Waals surface area contributed by atoms with Crippen LogP contribution in [-0.2, 0) is 4.74 Å². The monoisotopic (exact) mass is 158 g/mol. The Kier molecular flexibility index (Phi) is 2.55. The number of ether oxygens (including phenoxy) is 1. The van der Waals surface area contributed by atoms with Crippen molar-refractivity contribution >= 4 is 0 Å².